The fourth-order valence-corrected chi connectivity index (χ4v) is 1.47. The van der Waals surface area contributed by atoms with Crippen molar-refractivity contribution in [1.82, 2.24) is 0 Å². The number of carbonyl (C=O) groups is 1. The predicted molar refractivity (Wildman–Crippen MR) is 67.3 cm³/mol. The molecule has 0 spiro atoms. The second-order valence-corrected chi connectivity index (χ2v) is 3.75. The molecule has 0 fully saturated rings. The Labute approximate surface area is 107 Å². The highest BCUT2D eigenvalue weighted by Crippen LogP contribution is 2.18. The number of carbonyl (C=O) groups excluding carboxylic acids is 1. The summed E-state index contributed by atoms with van der Waals surface area (Å²) >= 11 is 0. The number of hydrogen-bond donors (Lipinski definition) is 2. The summed E-state index contributed by atoms with van der Waals surface area (Å²) in [7, 11) is 0. The van der Waals surface area contributed by atoms with Crippen molar-refractivity contribution in [3.63, 3.8) is 0 Å². The van der Waals surface area contributed by atoms with Crippen LogP contribution in [0.4, 0.5) is 0 Å². The average molecular weight is 253 g/mol. The molecule has 1 atom stereocenters. The summed E-state index contributed by atoms with van der Waals surface area (Å²) in [6.45, 7) is 2.13. The molecule has 0 bridgehead atoms. The zero-order valence-corrected chi connectivity index (χ0v) is 10.5. The van der Waals surface area contributed by atoms with E-state index in [0.29, 0.717) is 18.8 Å². The Bertz CT molecular complexity index is 381. The molecule has 1 aromatic carbocycles. The number of para-hydroxylation sites is 1. The molecule has 5 heteroatoms. The molecule has 0 aliphatic carbocycles. The molecule has 3 N–H and O–H groups in total. The van der Waals surface area contributed by atoms with Crippen molar-refractivity contribution in [3.8, 4) is 5.75 Å². The van der Waals surface area contributed by atoms with E-state index in [2.05, 4.69) is 0 Å². The van der Waals surface area contributed by atoms with Crippen LogP contribution in [-0.4, -0.2) is 36.9 Å². The summed E-state index contributed by atoms with van der Waals surface area (Å²) in [5.41, 5.74) is 6.51. The van der Waals surface area contributed by atoms with Crippen molar-refractivity contribution in [3.05, 3.63) is 29.8 Å². The van der Waals surface area contributed by atoms with Crippen molar-refractivity contribution in [2.45, 2.75) is 19.4 Å². The lowest BCUT2D eigenvalue weighted by Crippen LogP contribution is -2.37. The molecule has 0 aliphatic heterocycles. The molecule has 1 rings (SSSR count). The van der Waals surface area contributed by atoms with Gasteiger partial charge in [0.2, 0.25) is 0 Å². The van der Waals surface area contributed by atoms with E-state index >= 15 is 0 Å². The van der Waals surface area contributed by atoms with Gasteiger partial charge in [-0.15, -0.1) is 0 Å². The number of hydrogen-bond acceptors (Lipinski definition) is 5. The zero-order chi connectivity index (χ0) is 13.4. The summed E-state index contributed by atoms with van der Waals surface area (Å²) in [4.78, 5) is 11.3. The summed E-state index contributed by atoms with van der Waals surface area (Å²) in [5, 5.41) is 8.93. The molecule has 0 aliphatic rings. The molecule has 100 valence electrons. The maximum atomic E-state index is 11.3. The number of benzene rings is 1. The fraction of sp³-hybridized carbons (Fsp3) is 0.462. The number of esters is 1. The molecule has 1 unspecified atom stereocenters. The first kappa shape index (κ1) is 14.5. The van der Waals surface area contributed by atoms with E-state index in [4.69, 9.17) is 20.3 Å². The Morgan fingerprint density at radius 3 is 2.83 bits per heavy atom. The lowest BCUT2D eigenvalue weighted by Gasteiger charge is -2.14. The van der Waals surface area contributed by atoms with E-state index in [1.165, 1.54) is 0 Å². The van der Waals surface area contributed by atoms with Crippen molar-refractivity contribution in [1.29, 1.82) is 0 Å². The third-order valence-electron chi connectivity index (χ3n) is 2.36. The van der Waals surface area contributed by atoms with Crippen LogP contribution in [0.15, 0.2) is 24.3 Å². The highest BCUT2D eigenvalue weighted by atomic mass is 16.5. The van der Waals surface area contributed by atoms with Gasteiger partial charge in [0.05, 0.1) is 6.61 Å². The van der Waals surface area contributed by atoms with Crippen molar-refractivity contribution in [2.24, 2.45) is 5.73 Å². The first-order chi connectivity index (χ1) is 8.69. The minimum Gasteiger partial charge on any atom is -0.491 e. The Hall–Kier alpha value is -1.59. The Morgan fingerprint density at radius 1 is 1.44 bits per heavy atom. The van der Waals surface area contributed by atoms with Crippen LogP contribution < -0.4 is 10.5 Å². The van der Waals surface area contributed by atoms with Crippen LogP contribution in [0.2, 0.25) is 0 Å². The van der Waals surface area contributed by atoms with Gasteiger partial charge in [-0.25, -0.2) is 0 Å². The average Bonchev–Trinajstić information content (AvgIpc) is 2.38. The van der Waals surface area contributed by atoms with Crippen molar-refractivity contribution < 1.29 is 19.4 Å². The Kier molecular flexibility index (Phi) is 6.18. The SMILES string of the molecule is CCOC(=O)C(N)COc1ccccc1CCO. The van der Waals surface area contributed by atoms with E-state index < -0.39 is 12.0 Å². The highest BCUT2D eigenvalue weighted by molar-refractivity contribution is 5.75. The molecule has 18 heavy (non-hydrogen) atoms. The largest absolute Gasteiger partial charge is 0.491 e. The molecule has 0 amide bonds. The second-order valence-electron chi connectivity index (χ2n) is 3.75. The van der Waals surface area contributed by atoms with E-state index in [0.717, 1.165) is 5.56 Å². The molecule has 1 aromatic rings. The lowest BCUT2D eigenvalue weighted by atomic mass is 10.1. The van der Waals surface area contributed by atoms with Crippen LogP contribution in [0.25, 0.3) is 0 Å². The van der Waals surface area contributed by atoms with Gasteiger partial charge in [0.25, 0.3) is 0 Å². The van der Waals surface area contributed by atoms with Gasteiger partial charge in [0.15, 0.2) is 0 Å². The van der Waals surface area contributed by atoms with Crippen molar-refractivity contribution >= 4 is 5.97 Å². The van der Waals surface area contributed by atoms with Crippen LogP contribution in [0.5, 0.6) is 5.75 Å². The molecular formula is C13H19NO4. The van der Waals surface area contributed by atoms with Gasteiger partial charge in [-0.05, 0) is 25.0 Å². The Balaban J connectivity index is 2.54. The zero-order valence-electron chi connectivity index (χ0n) is 10.5. The minimum absolute atomic E-state index is 0.0459. The van der Waals surface area contributed by atoms with Crippen LogP contribution in [0.3, 0.4) is 0 Å². The second kappa shape index (κ2) is 7.68. The van der Waals surface area contributed by atoms with Crippen LogP contribution >= 0.6 is 0 Å². The molecule has 0 heterocycles. The lowest BCUT2D eigenvalue weighted by molar-refractivity contribution is -0.145. The topological polar surface area (TPSA) is 81.8 Å². The number of ether oxygens (including phenoxy) is 2. The van der Waals surface area contributed by atoms with Crippen LogP contribution in [-0.2, 0) is 16.0 Å². The molecule has 0 saturated carbocycles. The summed E-state index contributed by atoms with van der Waals surface area (Å²) < 4.78 is 10.3. The van der Waals surface area contributed by atoms with Gasteiger partial charge in [-0.2, -0.15) is 0 Å². The fourth-order valence-electron chi connectivity index (χ4n) is 1.47. The number of rotatable bonds is 7. The minimum atomic E-state index is -0.799. The monoisotopic (exact) mass is 253 g/mol. The van der Waals surface area contributed by atoms with E-state index in [9.17, 15) is 4.79 Å². The summed E-state index contributed by atoms with van der Waals surface area (Å²) in [6.07, 6.45) is 0.505. The molecule has 0 saturated heterocycles. The van der Waals surface area contributed by atoms with E-state index in [1.807, 2.05) is 18.2 Å². The van der Waals surface area contributed by atoms with E-state index in [1.54, 1.807) is 13.0 Å². The smallest absolute Gasteiger partial charge is 0.326 e. The third kappa shape index (κ3) is 4.35. The quantitative estimate of drug-likeness (QED) is 0.691. The van der Waals surface area contributed by atoms with Crippen LogP contribution in [0, 0.1) is 0 Å². The van der Waals surface area contributed by atoms with Crippen molar-refractivity contribution in [2.75, 3.05) is 19.8 Å². The maximum Gasteiger partial charge on any atom is 0.326 e. The third-order valence-corrected chi connectivity index (χ3v) is 2.36. The van der Waals surface area contributed by atoms with Gasteiger partial charge < -0.3 is 20.3 Å². The predicted octanol–water partition coefficient (Wildman–Crippen LogP) is 0.491. The molecular weight excluding hydrogens is 234 g/mol. The standard InChI is InChI=1S/C13H19NO4/c1-2-17-13(16)11(14)9-18-12-6-4-3-5-10(12)7-8-15/h3-6,11,15H,2,7-9,14H2,1H3. The van der Waals surface area contributed by atoms with Gasteiger partial charge >= 0.3 is 5.97 Å². The van der Waals surface area contributed by atoms with Gasteiger partial charge in [-0.1, -0.05) is 18.2 Å². The summed E-state index contributed by atoms with van der Waals surface area (Å²) in [5.74, 6) is 0.156. The molecule has 0 radical (unpaired) electrons. The van der Waals surface area contributed by atoms with Gasteiger partial charge in [0, 0.05) is 6.61 Å². The molecule has 5 nitrogen and oxygen atoms in total. The number of nitrogens with two attached hydrogens (primary N) is 1. The summed E-state index contributed by atoms with van der Waals surface area (Å²) in [6, 6.07) is 6.53. The Morgan fingerprint density at radius 2 is 2.17 bits per heavy atom. The first-order valence-corrected chi connectivity index (χ1v) is 5.92. The number of aliphatic hydroxyl groups is 1. The van der Waals surface area contributed by atoms with E-state index in [-0.39, 0.29) is 13.2 Å². The number of aliphatic hydroxyl groups excluding tert-OH is 1. The van der Waals surface area contributed by atoms with Crippen LogP contribution in [0.1, 0.15) is 12.5 Å². The molecule has 0 aromatic heterocycles. The van der Waals surface area contributed by atoms with Gasteiger partial charge in [0.1, 0.15) is 18.4 Å². The first-order valence-electron chi connectivity index (χ1n) is 5.92. The normalized spacial score (nSPS) is 11.9. The maximum absolute atomic E-state index is 11.3. The highest BCUT2D eigenvalue weighted by Gasteiger charge is 2.15. The van der Waals surface area contributed by atoms with Gasteiger partial charge in [-0.3, -0.25) is 4.79 Å².